The Bertz CT molecular complexity index is 1110. The molecule has 0 saturated heterocycles. The van der Waals surface area contributed by atoms with Gasteiger partial charge >= 0.3 is 5.97 Å². The number of fused-ring (bicyclic) bond motifs is 1. The lowest BCUT2D eigenvalue weighted by atomic mass is 10.1. The first-order valence-electron chi connectivity index (χ1n) is 9.46. The van der Waals surface area contributed by atoms with Gasteiger partial charge in [0.15, 0.2) is 6.61 Å². The number of aromatic nitrogens is 1. The molecule has 0 atom stereocenters. The monoisotopic (exact) mass is 385 g/mol. The summed E-state index contributed by atoms with van der Waals surface area (Å²) >= 11 is 0. The maximum absolute atomic E-state index is 12.7. The number of nitrogens with one attached hydrogen (secondary N) is 1. The van der Waals surface area contributed by atoms with E-state index < -0.39 is 11.9 Å². The van der Waals surface area contributed by atoms with E-state index in [1.54, 1.807) is 30.3 Å². The first-order chi connectivity index (χ1) is 14.1. The van der Waals surface area contributed by atoms with Gasteiger partial charge in [0.2, 0.25) is 0 Å². The first kappa shape index (κ1) is 18.6. The highest BCUT2D eigenvalue weighted by Crippen LogP contribution is 2.40. The molecule has 1 aliphatic rings. The van der Waals surface area contributed by atoms with Crippen LogP contribution in [0.25, 0.3) is 10.9 Å². The topological polar surface area (TPSA) is 92.1 Å². The molecule has 1 amide bonds. The van der Waals surface area contributed by atoms with Gasteiger partial charge < -0.3 is 10.1 Å². The number of rotatable bonds is 6. The van der Waals surface area contributed by atoms with Gasteiger partial charge in [0.25, 0.3) is 5.91 Å². The van der Waals surface area contributed by atoms with E-state index in [4.69, 9.17) is 10.00 Å². The molecule has 0 unspecified atom stereocenters. The lowest BCUT2D eigenvalue weighted by Gasteiger charge is -2.10. The Kier molecular flexibility index (Phi) is 5.21. The third-order valence-electron chi connectivity index (χ3n) is 4.81. The Morgan fingerprint density at radius 2 is 1.90 bits per heavy atom. The van der Waals surface area contributed by atoms with E-state index >= 15 is 0 Å². The number of carbonyl (C=O) groups excluding carboxylic acids is 2. The van der Waals surface area contributed by atoms with Gasteiger partial charge in [-0.25, -0.2) is 4.79 Å². The molecule has 0 aliphatic heterocycles. The average Bonchev–Trinajstić information content (AvgIpc) is 3.58. The molecule has 6 nitrogen and oxygen atoms in total. The zero-order chi connectivity index (χ0) is 20.2. The fraction of sp³-hybridized carbons (Fsp3) is 0.217. The normalized spacial score (nSPS) is 12.9. The van der Waals surface area contributed by atoms with E-state index in [1.165, 1.54) is 0 Å². The molecule has 1 saturated carbocycles. The number of nitrogens with zero attached hydrogens (tertiary/aromatic N) is 2. The van der Waals surface area contributed by atoms with Gasteiger partial charge in [0.05, 0.1) is 23.6 Å². The summed E-state index contributed by atoms with van der Waals surface area (Å²) in [7, 11) is 0. The number of pyridine rings is 1. The summed E-state index contributed by atoms with van der Waals surface area (Å²) in [4.78, 5) is 29.5. The average molecular weight is 385 g/mol. The van der Waals surface area contributed by atoms with E-state index in [0.717, 1.165) is 35.0 Å². The number of amides is 1. The van der Waals surface area contributed by atoms with Crippen LogP contribution >= 0.6 is 0 Å². The smallest absolute Gasteiger partial charge is 0.339 e. The van der Waals surface area contributed by atoms with Crippen LogP contribution in [0.3, 0.4) is 0 Å². The van der Waals surface area contributed by atoms with Crippen molar-refractivity contribution < 1.29 is 14.3 Å². The fourth-order valence-corrected chi connectivity index (χ4v) is 3.16. The van der Waals surface area contributed by atoms with Crippen LogP contribution < -0.4 is 5.32 Å². The van der Waals surface area contributed by atoms with E-state index in [2.05, 4.69) is 16.4 Å². The number of benzene rings is 2. The summed E-state index contributed by atoms with van der Waals surface area (Å²) in [5.41, 5.74) is 3.54. The van der Waals surface area contributed by atoms with Crippen LogP contribution in [0.1, 0.15) is 40.4 Å². The third kappa shape index (κ3) is 4.41. The highest BCUT2D eigenvalue weighted by Gasteiger charge is 2.27. The number of nitriles is 1. The Hall–Kier alpha value is -3.72. The van der Waals surface area contributed by atoms with Crippen LogP contribution in [0.5, 0.6) is 0 Å². The van der Waals surface area contributed by atoms with E-state index in [0.29, 0.717) is 23.6 Å². The molecule has 1 fully saturated rings. The summed E-state index contributed by atoms with van der Waals surface area (Å²) in [6.07, 6.45) is 2.47. The first-order valence-corrected chi connectivity index (χ1v) is 9.46. The third-order valence-corrected chi connectivity index (χ3v) is 4.81. The second-order valence-electron chi connectivity index (χ2n) is 7.04. The van der Waals surface area contributed by atoms with Crippen LogP contribution in [-0.4, -0.2) is 23.5 Å². The lowest BCUT2D eigenvalue weighted by Crippen LogP contribution is -2.21. The van der Waals surface area contributed by atoms with Crippen molar-refractivity contribution in [2.75, 3.05) is 11.9 Å². The molecule has 1 aromatic heterocycles. The number of hydrogen-bond donors (Lipinski definition) is 1. The summed E-state index contributed by atoms with van der Waals surface area (Å²) in [6.45, 7) is -0.381. The van der Waals surface area contributed by atoms with Crippen molar-refractivity contribution in [1.29, 1.82) is 5.26 Å². The summed E-state index contributed by atoms with van der Waals surface area (Å²) in [5.74, 6) is -0.560. The quantitative estimate of drug-likeness (QED) is 0.648. The standard InChI is InChI=1S/C23H19N3O3/c24-12-11-15-5-9-17(10-6-15)25-22(27)14-29-23(28)19-13-21(16-7-8-16)26-20-4-2-1-3-18(19)20/h1-6,9-10,13,16H,7-8,11,14H2,(H,25,27). The minimum absolute atomic E-state index is 0.314. The number of carbonyl (C=O) groups is 2. The van der Waals surface area contributed by atoms with Crippen molar-refractivity contribution in [1.82, 2.24) is 4.98 Å². The van der Waals surface area contributed by atoms with Crippen molar-refractivity contribution in [3.05, 3.63) is 71.4 Å². The van der Waals surface area contributed by atoms with E-state index in [1.807, 2.05) is 24.3 Å². The molecule has 1 N–H and O–H groups in total. The van der Waals surface area contributed by atoms with Gasteiger partial charge in [-0.05, 0) is 42.7 Å². The van der Waals surface area contributed by atoms with Gasteiger partial charge in [-0.15, -0.1) is 0 Å². The highest BCUT2D eigenvalue weighted by atomic mass is 16.5. The maximum Gasteiger partial charge on any atom is 0.339 e. The number of esters is 1. The molecule has 2 aromatic carbocycles. The van der Waals surface area contributed by atoms with E-state index in [9.17, 15) is 9.59 Å². The summed E-state index contributed by atoms with van der Waals surface area (Å²) in [6, 6.07) is 18.3. The van der Waals surface area contributed by atoms with Crippen LogP contribution in [0.4, 0.5) is 5.69 Å². The summed E-state index contributed by atoms with van der Waals surface area (Å²) in [5, 5.41) is 12.1. The van der Waals surface area contributed by atoms with Crippen LogP contribution in [0.15, 0.2) is 54.6 Å². The zero-order valence-corrected chi connectivity index (χ0v) is 15.7. The fourth-order valence-electron chi connectivity index (χ4n) is 3.16. The molecule has 29 heavy (non-hydrogen) atoms. The molecule has 1 aliphatic carbocycles. The van der Waals surface area contributed by atoms with Crippen LogP contribution in [0.2, 0.25) is 0 Å². The molecular formula is C23H19N3O3. The Morgan fingerprint density at radius 1 is 1.14 bits per heavy atom. The van der Waals surface area contributed by atoms with Gasteiger partial charge in [-0.3, -0.25) is 9.78 Å². The number of ether oxygens (including phenoxy) is 1. The second kappa shape index (κ2) is 8.11. The number of anilines is 1. The maximum atomic E-state index is 12.7. The molecular weight excluding hydrogens is 366 g/mol. The zero-order valence-electron chi connectivity index (χ0n) is 15.7. The molecule has 0 bridgehead atoms. The second-order valence-corrected chi connectivity index (χ2v) is 7.04. The number of para-hydroxylation sites is 1. The largest absolute Gasteiger partial charge is 0.452 e. The Labute approximate surface area is 168 Å². The number of hydrogen-bond acceptors (Lipinski definition) is 5. The minimum Gasteiger partial charge on any atom is -0.452 e. The predicted octanol–water partition coefficient (Wildman–Crippen LogP) is 3.97. The van der Waals surface area contributed by atoms with E-state index in [-0.39, 0.29) is 6.61 Å². The lowest BCUT2D eigenvalue weighted by molar-refractivity contribution is -0.119. The molecule has 6 heteroatoms. The van der Waals surface area contributed by atoms with Crippen molar-refractivity contribution in [3.8, 4) is 6.07 Å². The minimum atomic E-state index is -0.537. The molecule has 1 heterocycles. The Morgan fingerprint density at radius 3 is 2.62 bits per heavy atom. The molecule has 144 valence electrons. The van der Waals surface area contributed by atoms with Crippen molar-refractivity contribution in [3.63, 3.8) is 0 Å². The molecule has 0 radical (unpaired) electrons. The van der Waals surface area contributed by atoms with Gasteiger partial charge in [-0.1, -0.05) is 30.3 Å². The van der Waals surface area contributed by atoms with Crippen molar-refractivity contribution in [2.45, 2.75) is 25.2 Å². The van der Waals surface area contributed by atoms with Gasteiger partial charge in [0, 0.05) is 22.7 Å². The van der Waals surface area contributed by atoms with Gasteiger partial charge in [-0.2, -0.15) is 5.26 Å². The molecule has 4 rings (SSSR count). The van der Waals surface area contributed by atoms with Gasteiger partial charge in [0.1, 0.15) is 0 Å². The SMILES string of the molecule is N#CCc1ccc(NC(=O)COC(=O)c2cc(C3CC3)nc3ccccc23)cc1. The van der Waals surface area contributed by atoms with Crippen molar-refractivity contribution in [2.24, 2.45) is 0 Å². The predicted molar refractivity (Wildman–Crippen MR) is 108 cm³/mol. The molecule has 0 spiro atoms. The van der Waals surface area contributed by atoms with Crippen LogP contribution in [-0.2, 0) is 16.0 Å². The van der Waals surface area contributed by atoms with Crippen LogP contribution in [0, 0.1) is 11.3 Å². The molecule has 3 aromatic rings. The highest BCUT2D eigenvalue weighted by molar-refractivity contribution is 6.04. The Balaban J connectivity index is 1.43. The van der Waals surface area contributed by atoms with Crippen molar-refractivity contribution >= 4 is 28.5 Å². The summed E-state index contributed by atoms with van der Waals surface area (Å²) < 4.78 is 5.27.